The van der Waals surface area contributed by atoms with Crippen LogP contribution < -0.4 is 5.32 Å². The average molecular weight is 199 g/mol. The minimum atomic E-state index is -0.502. The Balaban J connectivity index is 2.05. The molecule has 1 aliphatic carbocycles. The van der Waals surface area contributed by atoms with Crippen molar-refractivity contribution in [1.29, 1.82) is 0 Å². The average Bonchev–Trinajstić information content (AvgIpc) is 2.82. The lowest BCUT2D eigenvalue weighted by Crippen LogP contribution is -2.38. The Kier molecular flexibility index (Phi) is 4.39. The van der Waals surface area contributed by atoms with Crippen molar-refractivity contribution < 1.29 is 5.11 Å². The maximum atomic E-state index is 10.0. The van der Waals surface area contributed by atoms with Crippen molar-refractivity contribution in [3.63, 3.8) is 0 Å². The lowest BCUT2D eigenvalue weighted by molar-refractivity contribution is 0.0470. The van der Waals surface area contributed by atoms with Gasteiger partial charge in [-0.05, 0) is 32.1 Å². The first-order valence-electron chi connectivity index (χ1n) is 5.95. The fraction of sp³-hybridized carbons (Fsp3) is 1.00. The molecule has 0 radical (unpaired) electrons. The first kappa shape index (κ1) is 12.0. The maximum Gasteiger partial charge on any atom is 0.0743 e. The van der Waals surface area contributed by atoms with Crippen molar-refractivity contribution in [1.82, 2.24) is 5.32 Å². The van der Waals surface area contributed by atoms with E-state index in [1.54, 1.807) is 0 Å². The lowest BCUT2D eigenvalue weighted by Gasteiger charge is -2.24. The van der Waals surface area contributed by atoms with Crippen LogP contribution in [0, 0.1) is 5.92 Å². The molecule has 0 heterocycles. The summed E-state index contributed by atoms with van der Waals surface area (Å²) in [6.45, 7) is 7.17. The minimum Gasteiger partial charge on any atom is -0.389 e. The van der Waals surface area contributed by atoms with Gasteiger partial charge in [0.25, 0.3) is 0 Å². The summed E-state index contributed by atoms with van der Waals surface area (Å²) in [5.41, 5.74) is -0.502. The molecule has 1 atom stereocenters. The SMILES string of the molecule is CC(C)CCCC(C)(O)CNC1CC1. The summed E-state index contributed by atoms with van der Waals surface area (Å²) in [5.74, 6) is 0.752. The van der Waals surface area contributed by atoms with E-state index in [2.05, 4.69) is 19.2 Å². The molecule has 84 valence electrons. The number of rotatable bonds is 7. The predicted molar refractivity (Wildman–Crippen MR) is 60.3 cm³/mol. The van der Waals surface area contributed by atoms with Crippen molar-refractivity contribution in [3.05, 3.63) is 0 Å². The van der Waals surface area contributed by atoms with Crippen molar-refractivity contribution in [3.8, 4) is 0 Å². The maximum absolute atomic E-state index is 10.0. The van der Waals surface area contributed by atoms with E-state index in [9.17, 15) is 5.11 Å². The molecule has 0 aromatic carbocycles. The Hall–Kier alpha value is -0.0800. The molecule has 0 spiro atoms. The smallest absolute Gasteiger partial charge is 0.0743 e. The first-order chi connectivity index (χ1) is 6.49. The molecular weight excluding hydrogens is 174 g/mol. The van der Waals surface area contributed by atoms with E-state index in [-0.39, 0.29) is 0 Å². The number of aliphatic hydroxyl groups is 1. The highest BCUT2D eigenvalue weighted by Crippen LogP contribution is 2.21. The third-order valence-electron chi connectivity index (χ3n) is 2.85. The van der Waals surface area contributed by atoms with E-state index in [1.165, 1.54) is 19.3 Å². The molecule has 2 nitrogen and oxygen atoms in total. The van der Waals surface area contributed by atoms with Gasteiger partial charge < -0.3 is 10.4 Å². The normalized spacial score (nSPS) is 21.2. The monoisotopic (exact) mass is 199 g/mol. The van der Waals surface area contributed by atoms with E-state index in [0.717, 1.165) is 25.3 Å². The molecule has 1 aliphatic rings. The van der Waals surface area contributed by atoms with Crippen LogP contribution in [0.1, 0.15) is 52.9 Å². The zero-order chi connectivity index (χ0) is 10.6. The largest absolute Gasteiger partial charge is 0.389 e. The van der Waals surface area contributed by atoms with Gasteiger partial charge in [-0.2, -0.15) is 0 Å². The van der Waals surface area contributed by atoms with Crippen molar-refractivity contribution >= 4 is 0 Å². The Morgan fingerprint density at radius 1 is 1.43 bits per heavy atom. The molecule has 0 bridgehead atoms. The lowest BCUT2D eigenvalue weighted by atomic mass is 9.96. The third-order valence-corrected chi connectivity index (χ3v) is 2.85. The van der Waals surface area contributed by atoms with Crippen molar-refractivity contribution in [2.45, 2.75) is 64.5 Å². The second-order valence-electron chi connectivity index (χ2n) is 5.44. The molecule has 0 aromatic rings. The summed E-state index contributed by atoms with van der Waals surface area (Å²) in [4.78, 5) is 0. The Morgan fingerprint density at radius 2 is 2.07 bits per heavy atom. The summed E-state index contributed by atoms with van der Waals surface area (Å²) in [6, 6.07) is 0.701. The molecular formula is C12H25NO. The van der Waals surface area contributed by atoms with E-state index >= 15 is 0 Å². The summed E-state index contributed by atoms with van der Waals surface area (Å²) >= 11 is 0. The minimum absolute atomic E-state index is 0.502. The van der Waals surface area contributed by atoms with Gasteiger partial charge in [0.1, 0.15) is 0 Å². The molecule has 0 aliphatic heterocycles. The summed E-state index contributed by atoms with van der Waals surface area (Å²) < 4.78 is 0. The fourth-order valence-electron chi connectivity index (χ4n) is 1.63. The number of hydrogen-bond donors (Lipinski definition) is 2. The van der Waals surface area contributed by atoms with Gasteiger partial charge in [0.15, 0.2) is 0 Å². The quantitative estimate of drug-likeness (QED) is 0.659. The predicted octanol–water partition coefficient (Wildman–Crippen LogP) is 2.32. The summed E-state index contributed by atoms with van der Waals surface area (Å²) in [6.07, 6.45) is 5.87. The highest BCUT2D eigenvalue weighted by atomic mass is 16.3. The molecule has 0 aromatic heterocycles. The van der Waals surface area contributed by atoms with Crippen LogP contribution in [0.25, 0.3) is 0 Å². The van der Waals surface area contributed by atoms with E-state index in [1.807, 2.05) is 6.92 Å². The van der Waals surface area contributed by atoms with Gasteiger partial charge in [0, 0.05) is 12.6 Å². The molecule has 2 heteroatoms. The van der Waals surface area contributed by atoms with Crippen molar-refractivity contribution in [2.75, 3.05) is 6.54 Å². The highest BCUT2D eigenvalue weighted by Gasteiger charge is 2.26. The molecule has 1 unspecified atom stereocenters. The van der Waals surface area contributed by atoms with Gasteiger partial charge in [-0.3, -0.25) is 0 Å². The Morgan fingerprint density at radius 3 is 2.57 bits per heavy atom. The Labute approximate surface area is 88.1 Å². The van der Waals surface area contributed by atoms with Crippen LogP contribution >= 0.6 is 0 Å². The second-order valence-corrected chi connectivity index (χ2v) is 5.44. The first-order valence-corrected chi connectivity index (χ1v) is 5.95. The fourth-order valence-corrected chi connectivity index (χ4v) is 1.63. The number of nitrogens with one attached hydrogen (secondary N) is 1. The van der Waals surface area contributed by atoms with Gasteiger partial charge in [-0.15, -0.1) is 0 Å². The molecule has 0 amide bonds. The van der Waals surface area contributed by atoms with Crippen LogP contribution in [0.2, 0.25) is 0 Å². The standard InChI is InChI=1S/C12H25NO/c1-10(2)5-4-8-12(3,14)9-13-11-6-7-11/h10-11,13-14H,4-9H2,1-3H3. The van der Waals surface area contributed by atoms with Crippen LogP contribution in [-0.2, 0) is 0 Å². The van der Waals surface area contributed by atoms with Gasteiger partial charge in [-0.1, -0.05) is 26.7 Å². The van der Waals surface area contributed by atoms with Crippen LogP contribution in [0.4, 0.5) is 0 Å². The molecule has 14 heavy (non-hydrogen) atoms. The van der Waals surface area contributed by atoms with Crippen LogP contribution in [0.5, 0.6) is 0 Å². The molecule has 1 saturated carbocycles. The van der Waals surface area contributed by atoms with Crippen LogP contribution in [-0.4, -0.2) is 23.3 Å². The second kappa shape index (κ2) is 5.13. The molecule has 0 saturated heterocycles. The van der Waals surface area contributed by atoms with Gasteiger partial charge >= 0.3 is 0 Å². The molecule has 2 N–H and O–H groups in total. The Bertz CT molecular complexity index is 162. The van der Waals surface area contributed by atoms with E-state index in [4.69, 9.17) is 0 Å². The molecule has 1 fully saturated rings. The van der Waals surface area contributed by atoms with E-state index in [0.29, 0.717) is 6.04 Å². The zero-order valence-corrected chi connectivity index (χ0v) is 9.84. The summed E-state index contributed by atoms with van der Waals surface area (Å²) in [7, 11) is 0. The van der Waals surface area contributed by atoms with E-state index < -0.39 is 5.60 Å². The van der Waals surface area contributed by atoms with Crippen molar-refractivity contribution in [2.24, 2.45) is 5.92 Å². The number of hydrogen-bond acceptors (Lipinski definition) is 2. The van der Waals surface area contributed by atoms with Gasteiger partial charge in [-0.25, -0.2) is 0 Å². The van der Waals surface area contributed by atoms with Crippen LogP contribution in [0.3, 0.4) is 0 Å². The zero-order valence-electron chi connectivity index (χ0n) is 9.84. The highest BCUT2D eigenvalue weighted by molar-refractivity contribution is 4.85. The van der Waals surface area contributed by atoms with Gasteiger partial charge in [0.05, 0.1) is 5.60 Å². The topological polar surface area (TPSA) is 32.3 Å². The van der Waals surface area contributed by atoms with Crippen LogP contribution in [0.15, 0.2) is 0 Å². The summed E-state index contributed by atoms with van der Waals surface area (Å²) in [5, 5.41) is 13.4. The molecule has 1 rings (SSSR count). The third kappa shape index (κ3) is 5.61. The van der Waals surface area contributed by atoms with Gasteiger partial charge in [0.2, 0.25) is 0 Å².